The van der Waals surface area contributed by atoms with Gasteiger partial charge in [-0.05, 0) is 44.4 Å². The van der Waals surface area contributed by atoms with Gasteiger partial charge < -0.3 is 11.1 Å². The van der Waals surface area contributed by atoms with Gasteiger partial charge in [-0.25, -0.2) is 23.2 Å². The monoisotopic (exact) mass is 444 g/mol. The molecule has 26 heavy (non-hydrogen) atoms. The van der Waals surface area contributed by atoms with Gasteiger partial charge in [-0.15, -0.1) is 0 Å². The van der Waals surface area contributed by atoms with Crippen molar-refractivity contribution >= 4 is 33.7 Å². The Kier molecular flexibility index (Phi) is 5.37. The number of carbonyl (C=O) groups excluding carboxylic acids is 1. The van der Waals surface area contributed by atoms with E-state index in [0.29, 0.717) is 23.0 Å². The van der Waals surface area contributed by atoms with Crippen molar-refractivity contribution in [1.29, 1.82) is 0 Å². The van der Waals surface area contributed by atoms with Crippen LogP contribution in [0.5, 0.6) is 0 Å². The van der Waals surface area contributed by atoms with E-state index in [1.54, 1.807) is 0 Å². The fourth-order valence-corrected chi connectivity index (χ4v) is 3.10. The van der Waals surface area contributed by atoms with E-state index in [1.807, 2.05) is 0 Å². The number of primary amides is 1. The average molecular weight is 445 g/mol. The van der Waals surface area contributed by atoms with Crippen molar-refractivity contribution in [3.63, 3.8) is 0 Å². The summed E-state index contributed by atoms with van der Waals surface area (Å²) < 4.78 is 24.2. The third-order valence-corrected chi connectivity index (χ3v) is 4.63. The summed E-state index contributed by atoms with van der Waals surface area (Å²) in [6.07, 6.45) is 0. The molecule has 3 rings (SSSR count). The third-order valence-electron chi connectivity index (χ3n) is 3.08. The van der Waals surface area contributed by atoms with E-state index >= 15 is 0 Å². The predicted octanol–water partition coefficient (Wildman–Crippen LogP) is 1.54. The molecule has 0 aliphatic rings. The van der Waals surface area contributed by atoms with Gasteiger partial charge in [-0.3, -0.25) is 4.52 Å². The second kappa shape index (κ2) is 7.70. The number of carbonyl (C=O) groups is 1. The number of hydrogen-bond donors (Lipinski definition) is 2. The Labute approximate surface area is 157 Å². The third kappa shape index (κ3) is 3.77. The fraction of sp³-hybridized carbons (Fsp3) is 0.154. The van der Waals surface area contributed by atoms with Crippen molar-refractivity contribution < 1.29 is 18.3 Å². The quantitative estimate of drug-likeness (QED) is 0.430. The number of hydrogen-bond acceptors (Lipinski definition) is 8. The molecule has 3 N–H and O–H groups in total. The second-order valence-electron chi connectivity index (χ2n) is 4.76. The second-order valence-corrected chi connectivity index (χ2v) is 6.70. The van der Waals surface area contributed by atoms with Gasteiger partial charge in [0.15, 0.2) is 10.7 Å². The smallest absolute Gasteiger partial charge is 0.352 e. The van der Waals surface area contributed by atoms with E-state index in [2.05, 4.69) is 36.7 Å². The molecule has 0 atom stereocenters. The molecule has 0 aliphatic carbocycles. The molecule has 2 amide bonds. The summed E-state index contributed by atoms with van der Waals surface area (Å²) in [7, 11) is 0. The highest BCUT2D eigenvalue weighted by Gasteiger charge is 2.23. The van der Waals surface area contributed by atoms with E-state index in [4.69, 9.17) is 14.9 Å². The van der Waals surface area contributed by atoms with Crippen LogP contribution in [0.15, 0.2) is 41.6 Å². The lowest BCUT2D eigenvalue weighted by Gasteiger charge is -2.04. The standard InChI is InChI=1S/C13H10BrFN6O4S/c14-7-5-6(1-2-8(7)15)21-10(19-24-13(21)23)9-11(20-25-18-9)26-4-3-17-12(16)22/h1-2,5H,3-4H2,(H3,16,17,22). The number of rotatable bonds is 6. The summed E-state index contributed by atoms with van der Waals surface area (Å²) >= 11 is 4.27. The molecule has 0 radical (unpaired) electrons. The number of nitrogens with one attached hydrogen (secondary N) is 1. The van der Waals surface area contributed by atoms with Crippen LogP contribution in [0.3, 0.4) is 0 Å². The lowest BCUT2D eigenvalue weighted by molar-refractivity contribution is 0.249. The van der Waals surface area contributed by atoms with E-state index in [0.717, 1.165) is 4.57 Å². The van der Waals surface area contributed by atoms with Gasteiger partial charge in [0.25, 0.3) is 0 Å². The van der Waals surface area contributed by atoms with Crippen LogP contribution < -0.4 is 16.8 Å². The predicted molar refractivity (Wildman–Crippen MR) is 91.4 cm³/mol. The summed E-state index contributed by atoms with van der Waals surface area (Å²) in [4.78, 5) is 22.7. The molecule has 13 heteroatoms. The summed E-state index contributed by atoms with van der Waals surface area (Å²) in [6, 6.07) is 3.33. The van der Waals surface area contributed by atoms with E-state index in [-0.39, 0.29) is 16.0 Å². The van der Waals surface area contributed by atoms with Crippen LogP contribution in [-0.4, -0.2) is 38.4 Å². The van der Waals surface area contributed by atoms with E-state index in [1.165, 1.54) is 30.0 Å². The minimum absolute atomic E-state index is 0.0418. The molecule has 136 valence electrons. The molecule has 0 bridgehead atoms. The highest BCUT2D eigenvalue weighted by molar-refractivity contribution is 9.10. The number of benzene rings is 1. The first-order valence-corrected chi connectivity index (χ1v) is 8.78. The number of nitrogens with two attached hydrogens (primary N) is 1. The van der Waals surface area contributed by atoms with Crippen molar-refractivity contribution in [2.24, 2.45) is 5.73 Å². The van der Waals surface area contributed by atoms with Crippen molar-refractivity contribution in [3.05, 3.63) is 39.0 Å². The Morgan fingerprint density at radius 1 is 1.38 bits per heavy atom. The van der Waals surface area contributed by atoms with Crippen LogP contribution in [0.4, 0.5) is 9.18 Å². The zero-order chi connectivity index (χ0) is 18.7. The topological polar surface area (TPSA) is 142 Å². The average Bonchev–Trinajstić information content (AvgIpc) is 3.20. The van der Waals surface area contributed by atoms with Gasteiger partial charge in [-0.2, -0.15) is 0 Å². The van der Waals surface area contributed by atoms with Gasteiger partial charge >= 0.3 is 11.8 Å². The first kappa shape index (κ1) is 18.1. The van der Waals surface area contributed by atoms with Crippen LogP contribution in [0.25, 0.3) is 17.2 Å². The maximum absolute atomic E-state index is 13.5. The number of aromatic nitrogens is 4. The van der Waals surface area contributed by atoms with Crippen molar-refractivity contribution in [3.8, 4) is 17.2 Å². The highest BCUT2D eigenvalue weighted by Crippen LogP contribution is 2.28. The SMILES string of the molecule is NC(=O)NCCSc1nonc1-c1noc(=O)n1-c1ccc(F)c(Br)c1. The van der Waals surface area contributed by atoms with Gasteiger partial charge in [0.1, 0.15) is 5.82 Å². The Bertz CT molecular complexity index is 1000. The lowest BCUT2D eigenvalue weighted by atomic mass is 10.3. The zero-order valence-corrected chi connectivity index (χ0v) is 15.2. The normalized spacial score (nSPS) is 10.8. The van der Waals surface area contributed by atoms with E-state index in [9.17, 15) is 14.0 Å². The zero-order valence-electron chi connectivity index (χ0n) is 12.8. The van der Waals surface area contributed by atoms with Crippen LogP contribution in [-0.2, 0) is 0 Å². The molecule has 3 aromatic rings. The molecule has 0 unspecified atom stereocenters. The maximum Gasteiger partial charge on any atom is 0.446 e. The molecule has 10 nitrogen and oxygen atoms in total. The summed E-state index contributed by atoms with van der Waals surface area (Å²) in [5.41, 5.74) is 5.47. The van der Waals surface area contributed by atoms with Crippen molar-refractivity contribution in [2.45, 2.75) is 5.03 Å². The number of urea groups is 1. The lowest BCUT2D eigenvalue weighted by Crippen LogP contribution is -2.31. The Balaban J connectivity index is 1.92. The molecular formula is C13H10BrFN6O4S. The van der Waals surface area contributed by atoms with Crippen LogP contribution >= 0.6 is 27.7 Å². The summed E-state index contributed by atoms with van der Waals surface area (Å²) in [6.45, 7) is 0.294. The van der Waals surface area contributed by atoms with Crippen molar-refractivity contribution in [1.82, 2.24) is 25.4 Å². The Morgan fingerprint density at radius 3 is 2.92 bits per heavy atom. The molecular weight excluding hydrogens is 435 g/mol. The largest absolute Gasteiger partial charge is 0.446 e. The number of amides is 2. The van der Waals surface area contributed by atoms with Crippen LogP contribution in [0.1, 0.15) is 0 Å². The summed E-state index contributed by atoms with van der Waals surface area (Å²) in [5, 5.41) is 14.0. The molecule has 0 saturated heterocycles. The molecule has 0 fully saturated rings. The number of nitrogens with zero attached hydrogens (tertiary/aromatic N) is 4. The highest BCUT2D eigenvalue weighted by atomic mass is 79.9. The van der Waals surface area contributed by atoms with Gasteiger partial charge in [0, 0.05) is 12.3 Å². The Morgan fingerprint density at radius 2 is 2.19 bits per heavy atom. The maximum atomic E-state index is 13.5. The minimum atomic E-state index is -0.784. The first-order valence-electron chi connectivity index (χ1n) is 7.00. The molecule has 1 aromatic carbocycles. The molecule has 0 spiro atoms. The minimum Gasteiger partial charge on any atom is -0.352 e. The van der Waals surface area contributed by atoms with Gasteiger partial charge in [0.2, 0.25) is 5.82 Å². The molecule has 0 saturated carbocycles. The van der Waals surface area contributed by atoms with Crippen LogP contribution in [0, 0.1) is 5.82 Å². The summed E-state index contributed by atoms with van der Waals surface area (Å²) in [5.74, 6) is -0.803. The molecule has 2 aromatic heterocycles. The number of halogens is 2. The fourth-order valence-electron chi connectivity index (χ4n) is 1.99. The number of thioether (sulfide) groups is 1. The Hall–Kier alpha value is -2.67. The van der Waals surface area contributed by atoms with Crippen LogP contribution in [0.2, 0.25) is 0 Å². The molecule has 0 aliphatic heterocycles. The van der Waals surface area contributed by atoms with E-state index < -0.39 is 17.6 Å². The first-order chi connectivity index (χ1) is 12.5. The van der Waals surface area contributed by atoms with Gasteiger partial charge in [-0.1, -0.05) is 16.9 Å². The van der Waals surface area contributed by atoms with Crippen molar-refractivity contribution in [2.75, 3.05) is 12.3 Å². The van der Waals surface area contributed by atoms with Gasteiger partial charge in [0.05, 0.1) is 10.2 Å². The molecule has 2 heterocycles.